The summed E-state index contributed by atoms with van der Waals surface area (Å²) in [6.45, 7) is 7.26. The predicted molar refractivity (Wildman–Crippen MR) is 81.2 cm³/mol. The first-order valence-electron chi connectivity index (χ1n) is 7.76. The normalized spacial score (nSPS) is 25.4. The van der Waals surface area contributed by atoms with E-state index in [1.165, 1.54) is 25.7 Å². The fourth-order valence-electron chi connectivity index (χ4n) is 2.93. The Bertz CT molecular complexity index is 451. The largest absolute Gasteiger partial charge is 0.354 e. The van der Waals surface area contributed by atoms with Crippen LogP contribution in [0.5, 0.6) is 0 Å². The van der Waals surface area contributed by atoms with Gasteiger partial charge in [0.2, 0.25) is 17.8 Å². The molecule has 0 bridgehead atoms. The summed E-state index contributed by atoms with van der Waals surface area (Å²) >= 11 is 0. The predicted octanol–water partition coefficient (Wildman–Crippen LogP) is 2.11. The molecule has 0 radical (unpaired) electrons. The molecular weight excluding hydrogens is 252 g/mol. The Morgan fingerprint density at radius 2 is 1.80 bits per heavy atom. The highest BCUT2D eigenvalue weighted by molar-refractivity contribution is 5.44. The smallest absolute Gasteiger partial charge is 0.231 e. The van der Waals surface area contributed by atoms with Crippen LogP contribution < -0.4 is 15.5 Å². The second-order valence-corrected chi connectivity index (χ2v) is 5.92. The van der Waals surface area contributed by atoms with Crippen LogP contribution in [0.3, 0.4) is 0 Å². The van der Waals surface area contributed by atoms with E-state index < -0.39 is 0 Å². The van der Waals surface area contributed by atoms with Gasteiger partial charge in [-0.2, -0.15) is 15.0 Å². The summed E-state index contributed by atoms with van der Waals surface area (Å²) in [5, 5.41) is 6.64. The van der Waals surface area contributed by atoms with Gasteiger partial charge in [-0.3, -0.25) is 0 Å². The van der Waals surface area contributed by atoms with Gasteiger partial charge in [-0.25, -0.2) is 0 Å². The summed E-state index contributed by atoms with van der Waals surface area (Å²) in [6.07, 6.45) is 4.87. The lowest BCUT2D eigenvalue weighted by Gasteiger charge is -2.33. The summed E-state index contributed by atoms with van der Waals surface area (Å²) in [7, 11) is 0. The van der Waals surface area contributed by atoms with Crippen LogP contribution in [0.15, 0.2) is 0 Å². The molecule has 1 saturated carbocycles. The van der Waals surface area contributed by atoms with Gasteiger partial charge in [0.15, 0.2) is 0 Å². The van der Waals surface area contributed by atoms with Crippen molar-refractivity contribution in [1.29, 1.82) is 0 Å². The molecular formula is C14H24N6. The Labute approximate surface area is 120 Å². The third kappa shape index (κ3) is 2.94. The Morgan fingerprint density at radius 3 is 2.45 bits per heavy atom. The summed E-state index contributed by atoms with van der Waals surface area (Å²) in [6, 6.07) is 0.522. The maximum atomic E-state index is 4.60. The van der Waals surface area contributed by atoms with Crippen molar-refractivity contribution in [3.8, 4) is 0 Å². The molecule has 2 N–H and O–H groups in total. The van der Waals surface area contributed by atoms with Crippen molar-refractivity contribution < 1.29 is 0 Å². The molecule has 1 aromatic rings. The molecule has 3 rings (SSSR count). The third-order valence-corrected chi connectivity index (χ3v) is 4.05. The molecule has 1 saturated heterocycles. The number of nitrogens with one attached hydrogen (secondary N) is 2. The van der Waals surface area contributed by atoms with Crippen molar-refractivity contribution in [1.82, 2.24) is 15.0 Å². The molecule has 6 heteroatoms. The van der Waals surface area contributed by atoms with Crippen molar-refractivity contribution in [3.63, 3.8) is 0 Å². The highest BCUT2D eigenvalue weighted by atomic mass is 15.3. The molecule has 110 valence electrons. The zero-order valence-electron chi connectivity index (χ0n) is 12.4. The Morgan fingerprint density at radius 1 is 1.10 bits per heavy atom. The van der Waals surface area contributed by atoms with Gasteiger partial charge in [-0.15, -0.1) is 0 Å². The lowest BCUT2D eigenvalue weighted by Crippen LogP contribution is -2.34. The van der Waals surface area contributed by atoms with Crippen LogP contribution in [0.2, 0.25) is 0 Å². The SMILES string of the molecule is CCNc1nc(NC2CC(C)C2)nc(N2CCCC2)n1. The Balaban J connectivity index is 1.76. The van der Waals surface area contributed by atoms with Crippen LogP contribution >= 0.6 is 0 Å². The molecule has 0 aromatic carbocycles. The number of rotatable bonds is 5. The number of anilines is 3. The summed E-state index contributed by atoms with van der Waals surface area (Å²) in [5.41, 5.74) is 0. The van der Waals surface area contributed by atoms with Crippen LogP contribution in [0.1, 0.15) is 39.5 Å². The average Bonchev–Trinajstić information content (AvgIpc) is 2.91. The molecule has 0 amide bonds. The quantitative estimate of drug-likeness (QED) is 0.858. The maximum Gasteiger partial charge on any atom is 0.231 e. The molecule has 0 atom stereocenters. The highest BCUT2D eigenvalue weighted by Crippen LogP contribution is 2.29. The first-order valence-corrected chi connectivity index (χ1v) is 7.76. The average molecular weight is 276 g/mol. The van der Waals surface area contributed by atoms with Crippen LogP contribution in [0.25, 0.3) is 0 Å². The van der Waals surface area contributed by atoms with E-state index in [1.807, 2.05) is 0 Å². The lowest BCUT2D eigenvalue weighted by molar-refractivity contribution is 0.308. The Kier molecular flexibility index (Phi) is 3.89. The van der Waals surface area contributed by atoms with Crippen molar-refractivity contribution in [3.05, 3.63) is 0 Å². The van der Waals surface area contributed by atoms with Gasteiger partial charge in [0.05, 0.1) is 0 Å². The number of hydrogen-bond acceptors (Lipinski definition) is 6. The molecule has 2 aliphatic rings. The zero-order valence-corrected chi connectivity index (χ0v) is 12.4. The first-order chi connectivity index (χ1) is 9.74. The first kappa shape index (κ1) is 13.4. The molecule has 0 unspecified atom stereocenters. The lowest BCUT2D eigenvalue weighted by atomic mass is 9.82. The van der Waals surface area contributed by atoms with E-state index in [1.54, 1.807) is 0 Å². The Hall–Kier alpha value is -1.59. The second-order valence-electron chi connectivity index (χ2n) is 5.92. The number of hydrogen-bond donors (Lipinski definition) is 2. The van der Waals surface area contributed by atoms with Crippen molar-refractivity contribution >= 4 is 17.8 Å². The fourth-order valence-corrected chi connectivity index (χ4v) is 2.93. The van der Waals surface area contributed by atoms with Crippen molar-refractivity contribution in [2.24, 2.45) is 5.92 Å². The second kappa shape index (κ2) is 5.81. The van der Waals surface area contributed by atoms with Gasteiger partial charge in [0.1, 0.15) is 0 Å². The summed E-state index contributed by atoms with van der Waals surface area (Å²) in [4.78, 5) is 15.8. The highest BCUT2D eigenvalue weighted by Gasteiger charge is 2.26. The molecule has 2 fully saturated rings. The maximum absolute atomic E-state index is 4.60. The molecule has 1 aliphatic carbocycles. The number of nitrogens with zero attached hydrogens (tertiary/aromatic N) is 4. The zero-order chi connectivity index (χ0) is 13.9. The minimum Gasteiger partial charge on any atom is -0.354 e. The molecule has 6 nitrogen and oxygen atoms in total. The van der Waals surface area contributed by atoms with E-state index in [-0.39, 0.29) is 0 Å². The van der Waals surface area contributed by atoms with Gasteiger partial charge < -0.3 is 15.5 Å². The van der Waals surface area contributed by atoms with E-state index >= 15 is 0 Å². The van der Waals surface area contributed by atoms with E-state index in [2.05, 4.69) is 44.3 Å². The van der Waals surface area contributed by atoms with Gasteiger partial charge in [-0.1, -0.05) is 6.92 Å². The van der Waals surface area contributed by atoms with E-state index in [9.17, 15) is 0 Å². The fraction of sp³-hybridized carbons (Fsp3) is 0.786. The molecule has 1 aliphatic heterocycles. The van der Waals surface area contributed by atoms with Gasteiger partial charge in [0, 0.05) is 25.7 Å². The number of aromatic nitrogens is 3. The van der Waals surface area contributed by atoms with E-state index in [4.69, 9.17) is 0 Å². The van der Waals surface area contributed by atoms with Gasteiger partial charge in [0.25, 0.3) is 0 Å². The van der Waals surface area contributed by atoms with Crippen molar-refractivity contribution in [2.75, 3.05) is 35.2 Å². The topological polar surface area (TPSA) is 66.0 Å². The monoisotopic (exact) mass is 276 g/mol. The van der Waals surface area contributed by atoms with Crippen molar-refractivity contribution in [2.45, 2.75) is 45.6 Å². The van der Waals surface area contributed by atoms with Crippen LogP contribution in [-0.2, 0) is 0 Å². The summed E-state index contributed by atoms with van der Waals surface area (Å²) in [5.74, 6) is 3.03. The van der Waals surface area contributed by atoms with Gasteiger partial charge >= 0.3 is 0 Å². The minimum atomic E-state index is 0.522. The minimum absolute atomic E-state index is 0.522. The van der Waals surface area contributed by atoms with Crippen LogP contribution in [-0.4, -0.2) is 40.6 Å². The van der Waals surface area contributed by atoms with Crippen LogP contribution in [0.4, 0.5) is 17.8 Å². The van der Waals surface area contributed by atoms with Gasteiger partial charge in [-0.05, 0) is 38.5 Å². The molecule has 2 heterocycles. The van der Waals surface area contributed by atoms with Crippen LogP contribution in [0, 0.1) is 5.92 Å². The standard InChI is InChI=1S/C14H24N6/c1-3-15-12-17-13(16-11-8-10(2)9-11)19-14(18-12)20-6-4-5-7-20/h10-11H,3-9H2,1-2H3,(H2,15,16,17,18,19). The molecule has 0 spiro atoms. The summed E-state index contributed by atoms with van der Waals surface area (Å²) < 4.78 is 0. The van der Waals surface area contributed by atoms with E-state index in [0.29, 0.717) is 12.0 Å². The third-order valence-electron chi connectivity index (χ3n) is 4.05. The molecule has 20 heavy (non-hydrogen) atoms. The molecule has 1 aromatic heterocycles. The van der Waals surface area contributed by atoms with E-state index in [0.717, 1.165) is 37.4 Å².